The van der Waals surface area contributed by atoms with E-state index in [1.54, 1.807) is 0 Å². The van der Waals surface area contributed by atoms with Crippen LogP contribution < -0.4 is 0 Å². The zero-order valence-electron chi connectivity index (χ0n) is 28.7. The topological polar surface area (TPSA) is 63.2 Å². The first kappa shape index (κ1) is 37.8. The standard InChI is InChI=1S/C31H61IO6Si3/c1-29(2,3)39(10,11)36-24(18-20-32)26-28(38-41(14,15)31(7,8)9)27(37-40(12,13)30(4,5)6)25-23(35-26)17-16-22(34-25)19-21-33/h18,20-28H,16-17,19H2,1-15H3/b20-18+/t22-,23+,24-,25+,26?,27+,28-/m1/s1. The van der Waals surface area contributed by atoms with Gasteiger partial charge >= 0.3 is 0 Å². The summed E-state index contributed by atoms with van der Waals surface area (Å²) in [5.74, 6) is 0. The Hall–Kier alpha value is 0.591. The number of rotatable bonds is 10. The van der Waals surface area contributed by atoms with Crippen LogP contribution in [0.3, 0.4) is 0 Å². The lowest BCUT2D eigenvalue weighted by Crippen LogP contribution is -2.69. The zero-order chi connectivity index (χ0) is 31.8. The second-order valence-corrected chi connectivity index (χ2v) is 31.7. The number of hydrogen-bond donors (Lipinski definition) is 0. The molecule has 0 spiro atoms. The minimum Gasteiger partial charge on any atom is -0.408 e. The quantitative estimate of drug-likeness (QED) is 0.127. The van der Waals surface area contributed by atoms with Gasteiger partial charge in [0.2, 0.25) is 0 Å². The van der Waals surface area contributed by atoms with Gasteiger partial charge < -0.3 is 27.5 Å². The summed E-state index contributed by atoms with van der Waals surface area (Å²) >= 11 is 2.29. The average Bonchev–Trinajstić information content (AvgIpc) is 2.78. The van der Waals surface area contributed by atoms with Gasteiger partial charge in [-0.15, -0.1) is 0 Å². The SMILES string of the molecule is CC(C)(C)[Si](C)(C)O[C@H]1[C@H]2O[C@@H](CC=O)CC[C@@H]2OC([C@@H](/C=C/I)O[Si](C)(C)C(C)(C)C)[C@H]1O[Si](C)(C)C(C)(C)C. The molecule has 1 unspecified atom stereocenters. The number of fused-ring (bicyclic) bond motifs is 1. The number of ether oxygens (including phenoxy) is 2. The summed E-state index contributed by atoms with van der Waals surface area (Å²) in [6.07, 6.45) is 3.25. The van der Waals surface area contributed by atoms with Gasteiger partial charge in [0.25, 0.3) is 0 Å². The number of hydrogen-bond acceptors (Lipinski definition) is 6. The molecule has 2 aliphatic rings. The molecular weight excluding hydrogens is 679 g/mol. The summed E-state index contributed by atoms with van der Waals surface area (Å²) in [5.41, 5.74) is 0. The summed E-state index contributed by atoms with van der Waals surface area (Å²) in [7, 11) is -6.69. The van der Waals surface area contributed by atoms with Gasteiger partial charge in [0.1, 0.15) is 30.7 Å². The maximum Gasteiger partial charge on any atom is 0.193 e. The van der Waals surface area contributed by atoms with Crippen LogP contribution in [-0.4, -0.2) is 74.0 Å². The molecular formula is C31H61IO6Si3. The van der Waals surface area contributed by atoms with Crippen LogP contribution in [0.4, 0.5) is 0 Å². The smallest absolute Gasteiger partial charge is 0.193 e. The Morgan fingerprint density at radius 1 is 0.780 bits per heavy atom. The minimum atomic E-state index is -2.28. The second-order valence-electron chi connectivity index (χ2n) is 16.7. The Bertz CT molecular complexity index is 903. The first-order valence-electron chi connectivity index (χ1n) is 15.4. The van der Waals surface area contributed by atoms with Gasteiger partial charge in [0.05, 0.1) is 18.3 Å². The van der Waals surface area contributed by atoms with Gasteiger partial charge in [-0.25, -0.2) is 0 Å². The predicted octanol–water partition coefficient (Wildman–Crippen LogP) is 9.01. The monoisotopic (exact) mass is 740 g/mol. The van der Waals surface area contributed by atoms with Crippen LogP contribution in [-0.2, 0) is 27.5 Å². The molecule has 0 aliphatic carbocycles. The van der Waals surface area contributed by atoms with E-state index in [1.165, 1.54) is 0 Å². The molecule has 0 bridgehead atoms. The van der Waals surface area contributed by atoms with Gasteiger partial charge in [-0.3, -0.25) is 0 Å². The molecule has 0 saturated carbocycles. The Kier molecular flexibility index (Phi) is 12.5. The molecule has 10 heteroatoms. The fourth-order valence-corrected chi connectivity index (χ4v) is 8.89. The average molecular weight is 741 g/mol. The van der Waals surface area contributed by atoms with E-state index in [2.05, 4.69) is 134 Å². The molecule has 2 heterocycles. The largest absolute Gasteiger partial charge is 0.408 e. The fourth-order valence-electron chi connectivity index (χ4n) is 4.63. The van der Waals surface area contributed by atoms with Crippen molar-refractivity contribution in [3.8, 4) is 0 Å². The molecule has 2 rings (SSSR count). The third kappa shape index (κ3) is 9.08. The van der Waals surface area contributed by atoms with Crippen molar-refractivity contribution in [1.82, 2.24) is 0 Å². The second kappa shape index (κ2) is 13.5. The van der Waals surface area contributed by atoms with Crippen LogP contribution in [0.15, 0.2) is 10.2 Å². The molecule has 0 radical (unpaired) electrons. The van der Waals surface area contributed by atoms with E-state index in [9.17, 15) is 4.79 Å². The molecule has 6 nitrogen and oxygen atoms in total. The molecule has 0 aromatic heterocycles. The normalized spacial score (nSPS) is 29.9. The fraction of sp³-hybridized carbons (Fsp3) is 0.903. The highest BCUT2D eigenvalue weighted by Crippen LogP contribution is 2.47. The summed E-state index contributed by atoms with van der Waals surface area (Å²) in [4.78, 5) is 11.5. The maximum absolute atomic E-state index is 11.5. The first-order chi connectivity index (χ1) is 18.4. The lowest BCUT2D eigenvalue weighted by Gasteiger charge is -2.56. The van der Waals surface area contributed by atoms with E-state index in [0.29, 0.717) is 6.42 Å². The van der Waals surface area contributed by atoms with Crippen molar-refractivity contribution in [2.24, 2.45) is 0 Å². The highest BCUT2D eigenvalue weighted by Gasteiger charge is 2.57. The highest BCUT2D eigenvalue weighted by molar-refractivity contribution is 14.1. The van der Waals surface area contributed by atoms with Crippen LogP contribution in [0.2, 0.25) is 54.4 Å². The van der Waals surface area contributed by atoms with Gasteiger partial charge in [-0.1, -0.05) is 84.9 Å². The molecule has 0 aromatic rings. The summed E-state index contributed by atoms with van der Waals surface area (Å²) in [6, 6.07) is 0. The maximum atomic E-state index is 11.5. The van der Waals surface area contributed by atoms with E-state index in [1.807, 2.05) is 0 Å². The zero-order valence-corrected chi connectivity index (χ0v) is 33.9. The summed E-state index contributed by atoms with van der Waals surface area (Å²) in [5, 5.41) is 0.0521. The summed E-state index contributed by atoms with van der Waals surface area (Å²) in [6.45, 7) is 34.3. The van der Waals surface area contributed by atoms with Crippen LogP contribution in [0, 0.1) is 0 Å². The van der Waals surface area contributed by atoms with Crippen molar-refractivity contribution >= 4 is 53.8 Å². The molecule has 240 valence electrons. The van der Waals surface area contributed by atoms with E-state index >= 15 is 0 Å². The summed E-state index contributed by atoms with van der Waals surface area (Å²) < 4.78 is 37.6. The van der Waals surface area contributed by atoms with Crippen LogP contribution >= 0.6 is 22.6 Å². The number of carbonyl (C=O) groups excluding carboxylic acids is 1. The van der Waals surface area contributed by atoms with Gasteiger partial charge in [0.15, 0.2) is 25.0 Å². The molecule has 2 saturated heterocycles. The molecule has 0 amide bonds. The van der Waals surface area contributed by atoms with Gasteiger partial charge in [-0.05, 0) is 77.4 Å². The van der Waals surface area contributed by atoms with E-state index in [0.717, 1.165) is 19.1 Å². The predicted molar refractivity (Wildman–Crippen MR) is 187 cm³/mol. The van der Waals surface area contributed by atoms with Crippen molar-refractivity contribution in [2.75, 3.05) is 0 Å². The molecule has 2 fully saturated rings. The Morgan fingerprint density at radius 2 is 1.27 bits per heavy atom. The molecule has 7 atom stereocenters. The van der Waals surface area contributed by atoms with Crippen LogP contribution in [0.25, 0.3) is 0 Å². The van der Waals surface area contributed by atoms with Crippen molar-refractivity contribution < 1.29 is 27.5 Å². The number of carbonyl (C=O) groups is 1. The number of aldehydes is 1. The molecule has 0 N–H and O–H groups in total. The van der Waals surface area contributed by atoms with Crippen molar-refractivity contribution in [2.45, 2.75) is 179 Å². The number of halogens is 1. The van der Waals surface area contributed by atoms with Crippen LogP contribution in [0.5, 0.6) is 0 Å². The third-order valence-corrected chi connectivity index (χ3v) is 24.3. The molecule has 0 aromatic carbocycles. The minimum absolute atomic E-state index is 0.00170. The van der Waals surface area contributed by atoms with Gasteiger partial charge in [0, 0.05) is 6.42 Å². The van der Waals surface area contributed by atoms with E-state index in [-0.39, 0.29) is 57.8 Å². The van der Waals surface area contributed by atoms with Gasteiger partial charge in [-0.2, -0.15) is 0 Å². The highest BCUT2D eigenvalue weighted by atomic mass is 127. The molecule has 2 aliphatic heterocycles. The lowest BCUT2D eigenvalue weighted by molar-refractivity contribution is -0.266. The van der Waals surface area contributed by atoms with Crippen molar-refractivity contribution in [3.05, 3.63) is 10.2 Å². The van der Waals surface area contributed by atoms with E-state index < -0.39 is 25.0 Å². The van der Waals surface area contributed by atoms with Crippen LogP contribution in [0.1, 0.15) is 81.6 Å². The molecule has 41 heavy (non-hydrogen) atoms. The van der Waals surface area contributed by atoms with Crippen molar-refractivity contribution in [3.63, 3.8) is 0 Å². The Balaban J connectivity index is 2.73. The third-order valence-electron chi connectivity index (χ3n) is 10.4. The van der Waals surface area contributed by atoms with Crippen molar-refractivity contribution in [1.29, 1.82) is 0 Å². The first-order valence-corrected chi connectivity index (χ1v) is 25.4. The Morgan fingerprint density at radius 3 is 1.71 bits per heavy atom. The Labute approximate surface area is 268 Å². The van der Waals surface area contributed by atoms with E-state index in [4.69, 9.17) is 22.8 Å². The lowest BCUT2D eigenvalue weighted by atomic mass is 9.87.